The van der Waals surface area contributed by atoms with E-state index in [4.69, 9.17) is 5.21 Å². The summed E-state index contributed by atoms with van der Waals surface area (Å²) < 4.78 is 0. The Kier molecular flexibility index (Phi) is 21.0. The van der Waals surface area contributed by atoms with E-state index in [0.29, 0.717) is 23.6 Å². The van der Waals surface area contributed by atoms with Crippen molar-refractivity contribution in [1.82, 2.24) is 0 Å². The highest BCUT2D eigenvalue weighted by molar-refractivity contribution is 6.29. The van der Waals surface area contributed by atoms with Crippen LogP contribution in [0.1, 0.15) is 91.9 Å². The summed E-state index contributed by atoms with van der Waals surface area (Å²) in [6, 6.07) is 0. The van der Waals surface area contributed by atoms with Crippen molar-refractivity contribution in [2.24, 2.45) is 22.1 Å². The van der Waals surface area contributed by atoms with Crippen LogP contribution in [0.4, 0.5) is 0 Å². The lowest BCUT2D eigenvalue weighted by atomic mass is 9.86. The van der Waals surface area contributed by atoms with E-state index in [0.717, 1.165) is 44.8 Å². The Morgan fingerprint density at radius 2 is 1.15 bits per heavy atom. The summed E-state index contributed by atoms with van der Waals surface area (Å²) in [4.78, 5) is 25.5. The third kappa shape index (κ3) is 12.3. The van der Waals surface area contributed by atoms with Crippen LogP contribution >= 0.6 is 0 Å². The zero-order valence-electron chi connectivity index (χ0n) is 17.9. The van der Waals surface area contributed by atoms with E-state index in [1.807, 2.05) is 27.7 Å². The molecule has 27 heavy (non-hydrogen) atoms. The molecule has 2 rings (SSSR count). The highest BCUT2D eigenvalue weighted by Crippen LogP contribution is 2.25. The first kappa shape index (κ1) is 27.5. The minimum absolute atomic E-state index is 0.214. The van der Waals surface area contributed by atoms with Crippen LogP contribution in [-0.4, -0.2) is 36.3 Å². The molecular weight excluding hydrogens is 344 g/mol. The van der Waals surface area contributed by atoms with Crippen LogP contribution in [0.15, 0.2) is 10.3 Å². The Hall–Kier alpha value is -1.72. The Morgan fingerprint density at radius 1 is 0.778 bits per heavy atom. The predicted octanol–water partition coefficient (Wildman–Crippen LogP) is 5.42. The van der Waals surface area contributed by atoms with E-state index in [9.17, 15) is 9.59 Å². The summed E-state index contributed by atoms with van der Waals surface area (Å²) in [5, 5.41) is 15.1. The SMILES string of the molecule is CC.CC.CO/N=C(/C=O)C1CCCCC1.O=C/C(=N/O)C1CCCCC1. The molecule has 6 nitrogen and oxygen atoms in total. The van der Waals surface area contributed by atoms with Crippen LogP contribution in [0.5, 0.6) is 0 Å². The van der Waals surface area contributed by atoms with Crippen LogP contribution in [0.2, 0.25) is 0 Å². The van der Waals surface area contributed by atoms with Gasteiger partial charge in [0.1, 0.15) is 18.5 Å². The fourth-order valence-corrected chi connectivity index (χ4v) is 3.30. The normalized spacial score (nSPS) is 18.4. The summed E-state index contributed by atoms with van der Waals surface area (Å²) in [5.41, 5.74) is 0.905. The average molecular weight is 385 g/mol. The molecule has 0 radical (unpaired) electrons. The molecule has 0 heterocycles. The fraction of sp³-hybridized carbons (Fsp3) is 0.810. The summed E-state index contributed by atoms with van der Waals surface area (Å²) >= 11 is 0. The number of carbonyl (C=O) groups is 2. The molecule has 2 aliphatic carbocycles. The molecule has 0 amide bonds. The topological polar surface area (TPSA) is 88.3 Å². The molecule has 2 aliphatic rings. The molecule has 2 fully saturated rings. The molecule has 0 aromatic carbocycles. The molecule has 0 aliphatic heterocycles. The number of rotatable bonds is 5. The predicted molar refractivity (Wildman–Crippen MR) is 112 cm³/mol. The molecule has 6 heteroatoms. The number of carbonyl (C=O) groups excluding carboxylic acids is 2. The second-order valence-corrected chi connectivity index (χ2v) is 6.13. The van der Waals surface area contributed by atoms with Crippen molar-refractivity contribution >= 4 is 24.0 Å². The second-order valence-electron chi connectivity index (χ2n) is 6.13. The molecule has 0 aromatic heterocycles. The lowest BCUT2D eigenvalue weighted by molar-refractivity contribution is -0.103. The molecule has 0 atom stereocenters. The summed E-state index contributed by atoms with van der Waals surface area (Å²) in [6.45, 7) is 8.00. The van der Waals surface area contributed by atoms with Crippen molar-refractivity contribution < 1.29 is 19.6 Å². The van der Waals surface area contributed by atoms with Crippen LogP contribution in [0, 0.1) is 11.8 Å². The third-order valence-corrected chi connectivity index (χ3v) is 4.60. The summed E-state index contributed by atoms with van der Waals surface area (Å²) in [7, 11) is 1.48. The largest absolute Gasteiger partial charge is 0.411 e. The standard InChI is InChI=1S/C9H15NO2.C8H13NO2.2C2H6/c1-12-10-9(7-11)8-5-3-2-4-6-8;10-6-8(9-11)7-4-2-1-3-5-7;2*1-2/h7-8H,2-6H2,1H3;6-7,11H,1-5H2;2*1-2H3/b10-9-;9-8-;;. The maximum Gasteiger partial charge on any atom is 0.167 e. The average Bonchev–Trinajstić information content (AvgIpc) is 2.77. The van der Waals surface area contributed by atoms with Crippen molar-refractivity contribution in [3.63, 3.8) is 0 Å². The Balaban J connectivity index is 0. The van der Waals surface area contributed by atoms with E-state index in [1.54, 1.807) is 0 Å². The quantitative estimate of drug-likeness (QED) is 0.297. The lowest BCUT2D eigenvalue weighted by Gasteiger charge is -2.19. The maximum absolute atomic E-state index is 10.6. The number of oxime groups is 2. The van der Waals surface area contributed by atoms with Gasteiger partial charge in [0.05, 0.1) is 0 Å². The van der Waals surface area contributed by atoms with Gasteiger partial charge >= 0.3 is 0 Å². The first-order chi connectivity index (χ1) is 13.3. The molecular formula is C21H40N2O4. The van der Waals surface area contributed by atoms with Gasteiger partial charge < -0.3 is 10.0 Å². The zero-order chi connectivity index (χ0) is 20.9. The van der Waals surface area contributed by atoms with Gasteiger partial charge in [0.2, 0.25) is 0 Å². The van der Waals surface area contributed by atoms with Crippen molar-refractivity contribution in [2.45, 2.75) is 91.9 Å². The summed E-state index contributed by atoms with van der Waals surface area (Å²) in [6.07, 6.45) is 12.9. The van der Waals surface area contributed by atoms with E-state index in [1.165, 1.54) is 32.8 Å². The van der Waals surface area contributed by atoms with Crippen LogP contribution in [-0.2, 0) is 14.4 Å². The number of nitrogens with zero attached hydrogens (tertiary/aromatic N) is 2. The smallest absolute Gasteiger partial charge is 0.167 e. The molecule has 2 saturated carbocycles. The molecule has 0 bridgehead atoms. The van der Waals surface area contributed by atoms with Gasteiger partial charge in [-0.2, -0.15) is 0 Å². The minimum Gasteiger partial charge on any atom is -0.411 e. The van der Waals surface area contributed by atoms with Gasteiger partial charge in [-0.05, 0) is 25.7 Å². The maximum atomic E-state index is 10.6. The Bertz CT molecular complexity index is 410. The van der Waals surface area contributed by atoms with Crippen LogP contribution < -0.4 is 0 Å². The molecule has 0 spiro atoms. The van der Waals surface area contributed by atoms with E-state index in [-0.39, 0.29) is 5.92 Å². The van der Waals surface area contributed by atoms with Crippen LogP contribution in [0.3, 0.4) is 0 Å². The number of aldehydes is 2. The van der Waals surface area contributed by atoms with E-state index >= 15 is 0 Å². The minimum atomic E-state index is 0.214. The van der Waals surface area contributed by atoms with Gasteiger partial charge in [-0.25, -0.2) is 0 Å². The highest BCUT2D eigenvalue weighted by atomic mass is 16.6. The number of hydrogen-bond acceptors (Lipinski definition) is 6. The highest BCUT2D eigenvalue weighted by Gasteiger charge is 2.19. The van der Waals surface area contributed by atoms with Gasteiger partial charge in [-0.1, -0.05) is 76.5 Å². The van der Waals surface area contributed by atoms with Crippen molar-refractivity contribution in [2.75, 3.05) is 7.11 Å². The Labute approximate surface area is 165 Å². The lowest BCUT2D eigenvalue weighted by Crippen LogP contribution is -2.19. The molecule has 0 unspecified atom stereocenters. The molecule has 0 aromatic rings. The van der Waals surface area contributed by atoms with Gasteiger partial charge in [0.25, 0.3) is 0 Å². The van der Waals surface area contributed by atoms with Gasteiger partial charge in [0.15, 0.2) is 12.6 Å². The van der Waals surface area contributed by atoms with E-state index in [2.05, 4.69) is 15.1 Å². The fourth-order valence-electron chi connectivity index (χ4n) is 3.30. The Morgan fingerprint density at radius 3 is 1.44 bits per heavy atom. The molecule has 1 N–H and O–H groups in total. The monoisotopic (exact) mass is 384 g/mol. The van der Waals surface area contributed by atoms with Crippen LogP contribution in [0.25, 0.3) is 0 Å². The first-order valence-electron chi connectivity index (χ1n) is 10.5. The summed E-state index contributed by atoms with van der Waals surface area (Å²) in [5.74, 6) is 0.558. The van der Waals surface area contributed by atoms with Crippen molar-refractivity contribution in [1.29, 1.82) is 0 Å². The molecule has 158 valence electrons. The second kappa shape index (κ2) is 20.6. The zero-order valence-corrected chi connectivity index (χ0v) is 17.9. The van der Waals surface area contributed by atoms with Crippen molar-refractivity contribution in [3.8, 4) is 0 Å². The first-order valence-corrected chi connectivity index (χ1v) is 10.5. The third-order valence-electron chi connectivity index (χ3n) is 4.60. The number of hydrogen-bond donors (Lipinski definition) is 1. The molecule has 0 saturated heterocycles. The van der Waals surface area contributed by atoms with E-state index < -0.39 is 0 Å². The van der Waals surface area contributed by atoms with Gasteiger partial charge in [-0.3, -0.25) is 9.59 Å². The van der Waals surface area contributed by atoms with Crippen molar-refractivity contribution in [3.05, 3.63) is 0 Å². The van der Waals surface area contributed by atoms with Gasteiger partial charge in [-0.15, -0.1) is 0 Å². The van der Waals surface area contributed by atoms with Gasteiger partial charge in [0, 0.05) is 11.8 Å².